The van der Waals surface area contributed by atoms with Gasteiger partial charge >= 0.3 is 13.8 Å². The lowest BCUT2D eigenvalue weighted by Crippen LogP contribution is -2.02. The summed E-state index contributed by atoms with van der Waals surface area (Å²) in [5.74, 6) is -0.0450. The van der Waals surface area contributed by atoms with Crippen molar-refractivity contribution >= 4 is 13.8 Å². The van der Waals surface area contributed by atoms with Gasteiger partial charge in [-0.1, -0.05) is 30.7 Å². The first-order valence-electron chi connectivity index (χ1n) is 7.55. The number of hydrogen-bond acceptors (Lipinski definition) is 5. The van der Waals surface area contributed by atoms with E-state index in [1.807, 2.05) is 0 Å². The number of para-hydroxylation sites is 1. The van der Waals surface area contributed by atoms with Crippen LogP contribution in [0, 0.1) is 0 Å². The molecule has 1 atom stereocenters. The topological polar surface area (TPSA) is 82.1 Å². The minimum Gasteiger partial charge on any atom is -0.463 e. The highest BCUT2D eigenvalue weighted by Crippen LogP contribution is 2.43. The van der Waals surface area contributed by atoms with Gasteiger partial charge in [-0.2, -0.15) is 0 Å². The van der Waals surface area contributed by atoms with E-state index in [1.165, 1.54) is 6.08 Å². The summed E-state index contributed by atoms with van der Waals surface area (Å²) in [6.45, 7) is 2.27. The van der Waals surface area contributed by atoms with E-state index in [0.717, 1.165) is 19.3 Å². The number of rotatable bonds is 11. The van der Waals surface area contributed by atoms with Gasteiger partial charge in [-0.05, 0) is 38.3 Å². The average Bonchev–Trinajstić information content (AvgIpc) is 2.50. The van der Waals surface area contributed by atoms with Crippen LogP contribution in [0.2, 0.25) is 0 Å². The van der Waals surface area contributed by atoms with Gasteiger partial charge in [0.2, 0.25) is 0 Å². The first kappa shape index (κ1) is 19.4. The predicted molar refractivity (Wildman–Crippen MR) is 87.1 cm³/mol. The van der Waals surface area contributed by atoms with Gasteiger partial charge in [0, 0.05) is 6.08 Å². The summed E-state index contributed by atoms with van der Waals surface area (Å²) in [4.78, 5) is 20.6. The second-order valence-electron chi connectivity index (χ2n) is 4.79. The maximum atomic E-state index is 11.7. The first-order chi connectivity index (χ1) is 11.0. The fourth-order valence-corrected chi connectivity index (χ4v) is 2.54. The van der Waals surface area contributed by atoms with Crippen LogP contribution in [-0.2, 0) is 18.6 Å². The van der Waals surface area contributed by atoms with Crippen molar-refractivity contribution in [2.24, 2.45) is 0 Å². The lowest BCUT2D eigenvalue weighted by Gasteiger charge is -2.12. The molecule has 0 fully saturated rings. The molecule has 7 heteroatoms. The van der Waals surface area contributed by atoms with Gasteiger partial charge < -0.3 is 9.26 Å². The molecule has 1 aromatic rings. The zero-order chi connectivity index (χ0) is 17.0. The van der Waals surface area contributed by atoms with Crippen LogP contribution < -0.4 is 4.52 Å². The van der Waals surface area contributed by atoms with Gasteiger partial charge in [-0.25, -0.2) is 9.36 Å². The van der Waals surface area contributed by atoms with Crippen LogP contribution >= 0.6 is 7.82 Å². The number of phosphoric acid groups is 1. The van der Waals surface area contributed by atoms with Crippen LogP contribution in [0.5, 0.6) is 5.75 Å². The van der Waals surface area contributed by atoms with Crippen LogP contribution in [0.15, 0.2) is 42.5 Å². The highest BCUT2D eigenvalue weighted by Gasteiger charge is 2.22. The Bertz CT molecular complexity index is 529. The number of esters is 1. The molecule has 1 N–H and O–H groups in total. The van der Waals surface area contributed by atoms with Crippen molar-refractivity contribution in [2.45, 2.75) is 32.6 Å². The van der Waals surface area contributed by atoms with Crippen molar-refractivity contribution in [3.63, 3.8) is 0 Å². The van der Waals surface area contributed by atoms with Crippen molar-refractivity contribution < 1.29 is 28.0 Å². The van der Waals surface area contributed by atoms with Gasteiger partial charge in [-0.15, -0.1) is 0 Å². The Balaban J connectivity index is 2.06. The number of unbranched alkanes of at least 4 members (excludes halogenated alkanes) is 3. The van der Waals surface area contributed by atoms with Gasteiger partial charge in [0.05, 0.1) is 13.2 Å². The standard InChI is InChI=1S/C16H23O6P/c1-2-10-16(17)20-13-8-3-4-9-14-21-23(18,19)22-15-11-6-5-7-12-15/h2,5-7,10-12H,3-4,8-9,13-14H2,1H3,(H,18,19). The number of phosphoric ester groups is 1. The van der Waals surface area contributed by atoms with E-state index < -0.39 is 7.82 Å². The summed E-state index contributed by atoms with van der Waals surface area (Å²) in [7, 11) is -4.07. The molecule has 0 radical (unpaired) electrons. The van der Waals surface area contributed by atoms with Gasteiger partial charge in [-0.3, -0.25) is 9.42 Å². The minimum atomic E-state index is -4.07. The van der Waals surface area contributed by atoms with E-state index in [1.54, 1.807) is 43.3 Å². The number of hydrogen-bond donors (Lipinski definition) is 1. The third-order valence-corrected chi connectivity index (χ3v) is 3.75. The van der Waals surface area contributed by atoms with Crippen molar-refractivity contribution in [2.75, 3.05) is 13.2 Å². The molecule has 0 saturated heterocycles. The summed E-state index contributed by atoms with van der Waals surface area (Å²) < 4.78 is 26.5. The first-order valence-corrected chi connectivity index (χ1v) is 9.04. The quantitative estimate of drug-likeness (QED) is 0.285. The Labute approximate surface area is 136 Å². The Morgan fingerprint density at radius 2 is 1.78 bits per heavy atom. The number of allylic oxidation sites excluding steroid dienone is 1. The van der Waals surface area contributed by atoms with Crippen molar-refractivity contribution in [3.8, 4) is 5.75 Å². The second kappa shape index (κ2) is 11.0. The Morgan fingerprint density at radius 1 is 1.13 bits per heavy atom. The second-order valence-corrected chi connectivity index (χ2v) is 6.17. The summed E-state index contributed by atoms with van der Waals surface area (Å²) in [5.41, 5.74) is 0. The normalized spacial score (nSPS) is 13.7. The molecule has 0 bridgehead atoms. The van der Waals surface area contributed by atoms with Crippen LogP contribution in [0.25, 0.3) is 0 Å². The molecule has 0 amide bonds. The molecule has 1 aromatic carbocycles. The molecule has 128 valence electrons. The van der Waals surface area contributed by atoms with E-state index >= 15 is 0 Å². The SMILES string of the molecule is CC=CC(=O)OCCCCCCOP(=O)(O)Oc1ccccc1. The van der Waals surface area contributed by atoms with Gasteiger partial charge in [0.1, 0.15) is 5.75 Å². The summed E-state index contributed by atoms with van der Waals surface area (Å²) in [6, 6.07) is 8.37. The monoisotopic (exact) mass is 342 g/mol. The van der Waals surface area contributed by atoms with Crippen molar-refractivity contribution in [3.05, 3.63) is 42.5 Å². The van der Waals surface area contributed by atoms with Gasteiger partial charge in [0.15, 0.2) is 0 Å². The molecule has 6 nitrogen and oxygen atoms in total. The highest BCUT2D eigenvalue weighted by molar-refractivity contribution is 7.47. The predicted octanol–water partition coefficient (Wildman–Crippen LogP) is 3.86. The molecule has 0 aliphatic rings. The Kier molecular flexibility index (Phi) is 9.29. The molecule has 0 aliphatic heterocycles. The summed E-state index contributed by atoms with van der Waals surface area (Å²) in [5, 5.41) is 0. The third kappa shape index (κ3) is 9.89. The zero-order valence-corrected chi connectivity index (χ0v) is 14.1. The van der Waals surface area contributed by atoms with Crippen LogP contribution in [0.4, 0.5) is 0 Å². The fourth-order valence-electron chi connectivity index (χ4n) is 1.74. The summed E-state index contributed by atoms with van der Waals surface area (Å²) >= 11 is 0. The zero-order valence-electron chi connectivity index (χ0n) is 13.2. The lowest BCUT2D eigenvalue weighted by molar-refractivity contribution is -0.137. The van der Waals surface area contributed by atoms with E-state index in [-0.39, 0.29) is 12.6 Å². The maximum Gasteiger partial charge on any atom is 0.527 e. The van der Waals surface area contributed by atoms with Gasteiger partial charge in [0.25, 0.3) is 0 Å². The number of carbonyl (C=O) groups is 1. The van der Waals surface area contributed by atoms with Crippen LogP contribution in [0.1, 0.15) is 32.6 Å². The maximum absolute atomic E-state index is 11.7. The van der Waals surface area contributed by atoms with Crippen molar-refractivity contribution in [1.29, 1.82) is 0 Å². The fraction of sp³-hybridized carbons (Fsp3) is 0.438. The minimum absolute atomic E-state index is 0.138. The van der Waals surface area contributed by atoms with E-state index in [2.05, 4.69) is 0 Å². The molecule has 0 aliphatic carbocycles. The van der Waals surface area contributed by atoms with Crippen LogP contribution in [-0.4, -0.2) is 24.1 Å². The van der Waals surface area contributed by atoms with E-state index in [0.29, 0.717) is 18.8 Å². The smallest absolute Gasteiger partial charge is 0.463 e. The summed E-state index contributed by atoms with van der Waals surface area (Å²) in [6.07, 6.45) is 6.05. The highest BCUT2D eigenvalue weighted by atomic mass is 31.2. The molecule has 23 heavy (non-hydrogen) atoms. The number of carbonyl (C=O) groups excluding carboxylic acids is 1. The molecule has 1 unspecified atom stereocenters. The molecule has 0 heterocycles. The molecular weight excluding hydrogens is 319 g/mol. The molecule has 0 aromatic heterocycles. The van der Waals surface area contributed by atoms with E-state index in [4.69, 9.17) is 13.8 Å². The molecular formula is C16H23O6P. The molecule has 0 saturated carbocycles. The largest absolute Gasteiger partial charge is 0.527 e. The third-order valence-electron chi connectivity index (χ3n) is 2.80. The molecule has 1 rings (SSSR count). The van der Waals surface area contributed by atoms with Crippen molar-refractivity contribution in [1.82, 2.24) is 0 Å². The Hall–Kier alpha value is -1.62. The average molecular weight is 342 g/mol. The molecule has 0 spiro atoms. The Morgan fingerprint density at radius 3 is 2.43 bits per heavy atom. The number of ether oxygens (including phenoxy) is 1. The number of benzene rings is 1. The van der Waals surface area contributed by atoms with Crippen LogP contribution in [0.3, 0.4) is 0 Å². The van der Waals surface area contributed by atoms with E-state index in [9.17, 15) is 14.3 Å². The lowest BCUT2D eigenvalue weighted by atomic mass is 10.2.